The maximum Gasteiger partial charge on any atom is 0.226 e. The molecule has 2 aliphatic heterocycles. The van der Waals surface area contributed by atoms with Gasteiger partial charge in [-0.25, -0.2) is 0 Å². The summed E-state index contributed by atoms with van der Waals surface area (Å²) in [4.78, 5) is 27.8. The summed E-state index contributed by atoms with van der Waals surface area (Å²) < 4.78 is 5.50. The van der Waals surface area contributed by atoms with Crippen molar-refractivity contribution in [2.45, 2.75) is 31.3 Å². The van der Waals surface area contributed by atoms with Gasteiger partial charge in [0.05, 0.1) is 17.9 Å². The molecule has 1 aromatic rings. The molecule has 1 atom stereocenters. The summed E-state index contributed by atoms with van der Waals surface area (Å²) in [6, 6.07) is 8.75. The molecule has 5 heteroatoms. The minimum Gasteiger partial charge on any atom is -0.494 e. The van der Waals surface area contributed by atoms with Crippen molar-refractivity contribution in [2.75, 3.05) is 19.7 Å². The van der Waals surface area contributed by atoms with Gasteiger partial charge in [0, 0.05) is 25.1 Å². The molecule has 1 N–H and O–H groups in total. The van der Waals surface area contributed by atoms with Gasteiger partial charge in [-0.2, -0.15) is 0 Å². The zero-order chi connectivity index (χ0) is 17.4. The van der Waals surface area contributed by atoms with E-state index in [9.17, 15) is 14.7 Å². The van der Waals surface area contributed by atoms with E-state index < -0.39 is 11.4 Å². The molecule has 0 amide bonds. The highest BCUT2D eigenvalue weighted by Gasteiger charge is 2.61. The zero-order valence-electron chi connectivity index (χ0n) is 14.0. The van der Waals surface area contributed by atoms with Crippen LogP contribution in [0, 0.1) is 0 Å². The number of aliphatic hydroxyl groups is 1. The Bertz CT molecular complexity index is 774. The highest BCUT2D eigenvalue weighted by atomic mass is 16.5. The van der Waals surface area contributed by atoms with Gasteiger partial charge in [-0.3, -0.25) is 9.59 Å². The van der Waals surface area contributed by atoms with Crippen molar-refractivity contribution in [3.8, 4) is 0 Å². The molecule has 0 aromatic heterocycles. The average molecular weight is 339 g/mol. The van der Waals surface area contributed by atoms with E-state index in [1.165, 1.54) is 0 Å². The van der Waals surface area contributed by atoms with Crippen LogP contribution >= 0.6 is 0 Å². The summed E-state index contributed by atoms with van der Waals surface area (Å²) in [6.07, 6.45) is 5.52. The quantitative estimate of drug-likeness (QED) is 0.673. The Morgan fingerprint density at radius 3 is 2.48 bits per heavy atom. The van der Waals surface area contributed by atoms with Crippen molar-refractivity contribution in [1.29, 1.82) is 0 Å². The molecule has 25 heavy (non-hydrogen) atoms. The van der Waals surface area contributed by atoms with Crippen LogP contribution in [0.15, 0.2) is 53.4 Å². The van der Waals surface area contributed by atoms with Gasteiger partial charge in [-0.1, -0.05) is 30.3 Å². The lowest BCUT2D eigenvalue weighted by Gasteiger charge is -2.46. The second-order valence-corrected chi connectivity index (χ2v) is 6.71. The molecule has 0 spiro atoms. The Hall–Kier alpha value is -2.40. The number of Topliss-reactive ketones (excluding diaryl/α,β-unsaturated/α-hetero) is 2. The van der Waals surface area contributed by atoms with Gasteiger partial charge in [-0.05, 0) is 25.3 Å². The molecule has 5 nitrogen and oxygen atoms in total. The van der Waals surface area contributed by atoms with E-state index in [1.54, 1.807) is 30.3 Å². The minimum atomic E-state index is -1.80. The molecule has 1 fully saturated rings. The van der Waals surface area contributed by atoms with Crippen LogP contribution in [0.3, 0.4) is 0 Å². The van der Waals surface area contributed by atoms with Crippen LogP contribution in [0.25, 0.3) is 0 Å². The van der Waals surface area contributed by atoms with Gasteiger partial charge < -0.3 is 14.7 Å². The molecule has 1 aromatic carbocycles. The molecule has 0 radical (unpaired) electrons. The first-order valence-corrected chi connectivity index (χ1v) is 8.84. The first-order chi connectivity index (χ1) is 12.1. The average Bonchev–Trinajstić information content (AvgIpc) is 3.21. The van der Waals surface area contributed by atoms with E-state index in [-0.39, 0.29) is 17.1 Å². The van der Waals surface area contributed by atoms with E-state index in [0.29, 0.717) is 24.3 Å². The zero-order valence-corrected chi connectivity index (χ0v) is 14.0. The third-order valence-corrected chi connectivity index (χ3v) is 5.13. The van der Waals surface area contributed by atoms with Crippen molar-refractivity contribution in [1.82, 2.24) is 4.90 Å². The Morgan fingerprint density at radius 2 is 1.84 bits per heavy atom. The van der Waals surface area contributed by atoms with E-state index in [4.69, 9.17) is 4.74 Å². The molecule has 1 saturated heterocycles. The Morgan fingerprint density at radius 1 is 1.12 bits per heavy atom. The second kappa shape index (κ2) is 6.15. The largest absolute Gasteiger partial charge is 0.494 e. The number of ketones is 2. The number of hydrogen-bond donors (Lipinski definition) is 1. The molecule has 0 bridgehead atoms. The van der Waals surface area contributed by atoms with Gasteiger partial charge in [0.2, 0.25) is 11.4 Å². The van der Waals surface area contributed by atoms with Gasteiger partial charge in [-0.15, -0.1) is 0 Å². The molecule has 3 aliphatic rings. The number of piperidine rings is 1. The normalized spacial score (nSPS) is 26.2. The van der Waals surface area contributed by atoms with Crippen LogP contribution in [-0.2, 0) is 9.53 Å². The highest BCUT2D eigenvalue weighted by Crippen LogP contribution is 2.46. The molecule has 1 aliphatic carbocycles. The number of hydrogen-bond acceptors (Lipinski definition) is 5. The van der Waals surface area contributed by atoms with E-state index in [2.05, 4.69) is 0 Å². The van der Waals surface area contributed by atoms with Crippen molar-refractivity contribution < 1.29 is 19.4 Å². The smallest absolute Gasteiger partial charge is 0.226 e. The minimum absolute atomic E-state index is 0.104. The third kappa shape index (κ3) is 2.42. The van der Waals surface area contributed by atoms with E-state index in [1.807, 2.05) is 11.0 Å². The standard InChI is InChI=1S/C20H21NO4/c22-17(14-8-3-1-4-9-14)16-18(21-11-5-2-6-12-21)20(24,19(16)23)15-10-7-13-25-15/h1,3-4,8-10,24H,2,5-7,11-13H2. The molecule has 4 rings (SSSR count). The molecular formula is C20H21NO4. The number of rotatable bonds is 4. The fourth-order valence-electron chi connectivity index (χ4n) is 3.86. The van der Waals surface area contributed by atoms with Crippen molar-refractivity contribution in [2.24, 2.45) is 0 Å². The molecule has 2 heterocycles. The highest BCUT2D eigenvalue weighted by molar-refractivity contribution is 6.35. The van der Waals surface area contributed by atoms with Gasteiger partial charge >= 0.3 is 0 Å². The number of ether oxygens (including phenoxy) is 1. The maximum atomic E-state index is 12.9. The van der Waals surface area contributed by atoms with Gasteiger partial charge in [0.15, 0.2) is 5.78 Å². The third-order valence-electron chi connectivity index (χ3n) is 5.13. The topological polar surface area (TPSA) is 66.8 Å². The van der Waals surface area contributed by atoms with Crippen molar-refractivity contribution >= 4 is 11.6 Å². The number of carbonyl (C=O) groups is 2. The fourth-order valence-corrected chi connectivity index (χ4v) is 3.86. The Balaban J connectivity index is 1.79. The van der Waals surface area contributed by atoms with E-state index in [0.717, 1.165) is 32.4 Å². The lowest BCUT2D eigenvalue weighted by molar-refractivity contribution is -0.136. The lowest BCUT2D eigenvalue weighted by atomic mass is 9.71. The van der Waals surface area contributed by atoms with Crippen LogP contribution in [0.4, 0.5) is 0 Å². The van der Waals surface area contributed by atoms with Crippen LogP contribution in [-0.4, -0.2) is 46.9 Å². The summed E-state index contributed by atoms with van der Waals surface area (Å²) in [5.41, 5.74) is -0.803. The molecule has 0 saturated carbocycles. The summed E-state index contributed by atoms with van der Waals surface area (Å²) in [5.74, 6) is -0.591. The fraction of sp³-hybridized carbons (Fsp3) is 0.400. The van der Waals surface area contributed by atoms with Crippen molar-refractivity contribution in [3.63, 3.8) is 0 Å². The number of benzene rings is 1. The van der Waals surface area contributed by atoms with Crippen LogP contribution in [0.1, 0.15) is 36.0 Å². The molecular weight excluding hydrogens is 318 g/mol. The van der Waals surface area contributed by atoms with Gasteiger partial charge in [0.25, 0.3) is 0 Å². The summed E-state index contributed by atoms with van der Waals surface area (Å²) in [5, 5.41) is 11.2. The van der Waals surface area contributed by atoms with Crippen molar-refractivity contribution in [3.05, 3.63) is 59.0 Å². The predicted molar refractivity (Wildman–Crippen MR) is 91.8 cm³/mol. The van der Waals surface area contributed by atoms with Crippen LogP contribution < -0.4 is 0 Å². The van der Waals surface area contributed by atoms with Crippen LogP contribution in [0.2, 0.25) is 0 Å². The maximum absolute atomic E-state index is 12.9. The van der Waals surface area contributed by atoms with Gasteiger partial charge in [0.1, 0.15) is 5.76 Å². The first kappa shape index (κ1) is 16.1. The first-order valence-electron chi connectivity index (χ1n) is 8.84. The summed E-state index contributed by atoms with van der Waals surface area (Å²) >= 11 is 0. The monoisotopic (exact) mass is 339 g/mol. The predicted octanol–water partition coefficient (Wildman–Crippen LogP) is 2.23. The van der Waals surface area contributed by atoms with Crippen LogP contribution in [0.5, 0.6) is 0 Å². The SMILES string of the molecule is O=C(C1=C(N2CCCCC2)C(O)(C2=CCCO2)C1=O)c1ccccc1. The Labute approximate surface area is 146 Å². The number of likely N-dealkylation sites (tertiary alicyclic amines) is 1. The Kier molecular flexibility index (Phi) is 3.96. The summed E-state index contributed by atoms with van der Waals surface area (Å²) in [7, 11) is 0. The number of carbonyl (C=O) groups excluding carboxylic acids is 2. The van der Waals surface area contributed by atoms with E-state index >= 15 is 0 Å². The summed E-state index contributed by atoms with van der Waals surface area (Å²) in [6.45, 7) is 1.94. The molecule has 130 valence electrons. The molecule has 1 unspecified atom stereocenters. The number of nitrogens with zero attached hydrogens (tertiary/aromatic N) is 1. The lowest BCUT2D eigenvalue weighted by Crippen LogP contribution is -2.60. The second-order valence-electron chi connectivity index (χ2n) is 6.71.